The minimum atomic E-state index is -1.18. The molecule has 1 heterocycles. The van der Waals surface area contributed by atoms with Crippen LogP contribution in [0.3, 0.4) is 0 Å². The molecule has 4 atom stereocenters. The molecule has 4 unspecified atom stereocenters. The first-order valence-electron chi connectivity index (χ1n) is 10.5. The van der Waals surface area contributed by atoms with Crippen LogP contribution in [0.15, 0.2) is 0 Å². The molecule has 0 radical (unpaired) electrons. The molecule has 0 saturated carbocycles. The van der Waals surface area contributed by atoms with Crippen molar-refractivity contribution in [2.75, 3.05) is 6.54 Å². The summed E-state index contributed by atoms with van der Waals surface area (Å²) in [7, 11) is 0. The summed E-state index contributed by atoms with van der Waals surface area (Å²) in [6, 6.07) is -4.00. The number of nitrogens with zero attached hydrogens (tertiary/aromatic N) is 1. The van der Waals surface area contributed by atoms with Gasteiger partial charge >= 0.3 is 5.97 Å². The lowest BCUT2D eigenvalue weighted by Gasteiger charge is -2.31. The Balaban J connectivity index is 2.96. The molecule has 11 heteroatoms. The second-order valence-corrected chi connectivity index (χ2v) is 8.73. The van der Waals surface area contributed by atoms with Gasteiger partial charge in [0.25, 0.3) is 0 Å². The minimum Gasteiger partial charge on any atom is -0.480 e. The van der Waals surface area contributed by atoms with Crippen LogP contribution >= 0.6 is 0 Å². The molecule has 176 valence electrons. The van der Waals surface area contributed by atoms with Gasteiger partial charge in [-0.15, -0.1) is 0 Å². The van der Waals surface area contributed by atoms with Crippen LogP contribution < -0.4 is 22.1 Å². The number of carbonyl (C=O) groups is 5. The van der Waals surface area contributed by atoms with Crippen molar-refractivity contribution in [1.29, 1.82) is 0 Å². The monoisotopic (exact) mass is 441 g/mol. The fourth-order valence-electron chi connectivity index (χ4n) is 3.55. The number of nitrogens with two attached hydrogens (primary N) is 2. The van der Waals surface area contributed by atoms with E-state index in [1.807, 2.05) is 13.8 Å². The number of rotatable bonds is 11. The molecule has 0 aromatic rings. The largest absolute Gasteiger partial charge is 0.480 e. The summed E-state index contributed by atoms with van der Waals surface area (Å²) in [6.45, 7) is 7.43. The van der Waals surface area contributed by atoms with Crippen molar-refractivity contribution < 1.29 is 29.1 Å². The van der Waals surface area contributed by atoms with Crippen LogP contribution in [0.1, 0.15) is 53.4 Å². The molecule has 7 N–H and O–H groups in total. The summed E-state index contributed by atoms with van der Waals surface area (Å²) in [5.74, 6) is -3.81. The van der Waals surface area contributed by atoms with Gasteiger partial charge in [0.05, 0.1) is 12.5 Å². The first-order valence-corrected chi connectivity index (χ1v) is 10.5. The number of carboxylic acid groups (broad SMARTS) is 1. The molecule has 0 bridgehead atoms. The van der Waals surface area contributed by atoms with Crippen LogP contribution in [0.25, 0.3) is 0 Å². The molecule has 1 rings (SSSR count). The van der Waals surface area contributed by atoms with Crippen LogP contribution in [0.2, 0.25) is 0 Å². The predicted molar refractivity (Wildman–Crippen MR) is 112 cm³/mol. The predicted octanol–water partition coefficient (Wildman–Crippen LogP) is -1.06. The third kappa shape index (κ3) is 7.82. The third-order valence-electron chi connectivity index (χ3n) is 5.15. The number of aliphatic carboxylic acids is 1. The topological polar surface area (TPSA) is 185 Å². The maximum absolute atomic E-state index is 13.2. The van der Waals surface area contributed by atoms with E-state index in [0.717, 1.165) is 0 Å². The number of primary amides is 1. The van der Waals surface area contributed by atoms with Crippen molar-refractivity contribution >= 4 is 29.6 Å². The van der Waals surface area contributed by atoms with E-state index in [4.69, 9.17) is 11.5 Å². The Kier molecular flexibility index (Phi) is 9.89. The molecule has 0 aromatic carbocycles. The summed E-state index contributed by atoms with van der Waals surface area (Å²) < 4.78 is 0. The van der Waals surface area contributed by atoms with Crippen LogP contribution in [0.4, 0.5) is 0 Å². The molecular formula is C20H35N5O6. The van der Waals surface area contributed by atoms with Gasteiger partial charge in [-0.1, -0.05) is 27.7 Å². The normalized spacial score (nSPS) is 19.1. The second-order valence-electron chi connectivity index (χ2n) is 8.73. The van der Waals surface area contributed by atoms with E-state index in [2.05, 4.69) is 10.6 Å². The highest BCUT2D eigenvalue weighted by molar-refractivity contribution is 5.95. The lowest BCUT2D eigenvalue weighted by atomic mass is 10.0. The minimum absolute atomic E-state index is 0.0498. The van der Waals surface area contributed by atoms with Crippen molar-refractivity contribution in [1.82, 2.24) is 15.5 Å². The average Bonchev–Trinajstić information content (AvgIpc) is 3.13. The van der Waals surface area contributed by atoms with E-state index in [1.165, 1.54) is 4.90 Å². The van der Waals surface area contributed by atoms with E-state index in [0.29, 0.717) is 25.8 Å². The van der Waals surface area contributed by atoms with Crippen LogP contribution in [-0.4, -0.2) is 70.3 Å². The zero-order valence-corrected chi connectivity index (χ0v) is 18.6. The smallest absolute Gasteiger partial charge is 0.326 e. The number of hydrogen-bond donors (Lipinski definition) is 5. The second kappa shape index (κ2) is 11.6. The van der Waals surface area contributed by atoms with Gasteiger partial charge in [-0.05, 0) is 31.1 Å². The number of carboxylic acids is 1. The number of amides is 4. The molecule has 31 heavy (non-hydrogen) atoms. The van der Waals surface area contributed by atoms with Gasteiger partial charge in [0, 0.05) is 6.54 Å². The molecule has 1 saturated heterocycles. The standard InChI is InChI=1S/C20H35N5O6/c1-10(2)8-13(23-17(27)12(21)9-15(22)26)19(29)25-7-5-6-14(25)18(28)24-16(11(3)4)20(30)31/h10-14,16H,5-9,21H2,1-4H3,(H2,22,26)(H,23,27)(H,24,28)(H,30,31). The average molecular weight is 442 g/mol. The van der Waals surface area contributed by atoms with Crippen molar-refractivity contribution in [2.24, 2.45) is 23.3 Å². The first kappa shape index (κ1) is 26.3. The SMILES string of the molecule is CC(C)CC(NC(=O)C(N)CC(N)=O)C(=O)N1CCCC1C(=O)NC(C(=O)O)C(C)C. The quantitative estimate of drug-likeness (QED) is 0.270. The van der Waals surface area contributed by atoms with Crippen LogP contribution in [0, 0.1) is 11.8 Å². The van der Waals surface area contributed by atoms with Crippen LogP contribution in [-0.2, 0) is 24.0 Å². The maximum atomic E-state index is 13.2. The molecule has 4 amide bonds. The molecule has 0 spiro atoms. The summed E-state index contributed by atoms with van der Waals surface area (Å²) in [5, 5.41) is 14.4. The molecular weight excluding hydrogens is 406 g/mol. The number of likely N-dealkylation sites (tertiary alicyclic amines) is 1. The Morgan fingerprint density at radius 2 is 1.71 bits per heavy atom. The molecule has 1 aliphatic heterocycles. The fraction of sp³-hybridized carbons (Fsp3) is 0.750. The summed E-state index contributed by atoms with van der Waals surface area (Å²) >= 11 is 0. The highest BCUT2D eigenvalue weighted by Crippen LogP contribution is 2.21. The highest BCUT2D eigenvalue weighted by Gasteiger charge is 2.39. The maximum Gasteiger partial charge on any atom is 0.326 e. The summed E-state index contributed by atoms with van der Waals surface area (Å²) in [4.78, 5) is 62.1. The first-order chi connectivity index (χ1) is 14.3. The Labute approximate surface area is 182 Å². The zero-order valence-electron chi connectivity index (χ0n) is 18.6. The molecule has 11 nitrogen and oxygen atoms in total. The van der Waals surface area contributed by atoms with Gasteiger partial charge in [0.1, 0.15) is 18.1 Å². The number of hydrogen-bond acceptors (Lipinski definition) is 6. The number of carbonyl (C=O) groups excluding carboxylic acids is 4. The van der Waals surface area contributed by atoms with Gasteiger partial charge in [-0.2, -0.15) is 0 Å². The Hall–Kier alpha value is -2.69. The Morgan fingerprint density at radius 3 is 2.19 bits per heavy atom. The number of nitrogens with one attached hydrogen (secondary N) is 2. The van der Waals surface area contributed by atoms with Crippen molar-refractivity contribution in [3.63, 3.8) is 0 Å². The lowest BCUT2D eigenvalue weighted by molar-refractivity contribution is -0.146. The van der Waals surface area contributed by atoms with Gasteiger partial charge in [0.2, 0.25) is 23.6 Å². The highest BCUT2D eigenvalue weighted by atomic mass is 16.4. The van der Waals surface area contributed by atoms with Gasteiger partial charge in [-0.25, -0.2) is 4.79 Å². The molecule has 1 aliphatic rings. The molecule has 0 aliphatic carbocycles. The van der Waals surface area contributed by atoms with E-state index < -0.39 is 53.8 Å². The third-order valence-corrected chi connectivity index (χ3v) is 5.15. The van der Waals surface area contributed by atoms with E-state index >= 15 is 0 Å². The van der Waals surface area contributed by atoms with E-state index in [1.54, 1.807) is 13.8 Å². The van der Waals surface area contributed by atoms with Crippen molar-refractivity contribution in [2.45, 2.75) is 77.5 Å². The van der Waals surface area contributed by atoms with Crippen molar-refractivity contribution in [3.8, 4) is 0 Å². The van der Waals surface area contributed by atoms with E-state index in [-0.39, 0.29) is 18.3 Å². The molecule has 1 fully saturated rings. The van der Waals surface area contributed by atoms with Gasteiger partial charge < -0.3 is 32.1 Å². The molecule has 0 aromatic heterocycles. The summed E-state index contributed by atoms with van der Waals surface area (Å²) in [6.07, 6.45) is 0.926. The zero-order chi connectivity index (χ0) is 23.9. The van der Waals surface area contributed by atoms with Gasteiger partial charge in [0.15, 0.2) is 0 Å². The van der Waals surface area contributed by atoms with E-state index in [9.17, 15) is 29.1 Å². The van der Waals surface area contributed by atoms with Gasteiger partial charge in [-0.3, -0.25) is 19.2 Å². The summed E-state index contributed by atoms with van der Waals surface area (Å²) in [5.41, 5.74) is 10.8. The lowest BCUT2D eigenvalue weighted by Crippen LogP contribution is -2.57. The fourth-order valence-corrected chi connectivity index (χ4v) is 3.55. The van der Waals surface area contributed by atoms with Crippen molar-refractivity contribution in [3.05, 3.63) is 0 Å². The van der Waals surface area contributed by atoms with Crippen LogP contribution in [0.5, 0.6) is 0 Å². The Morgan fingerprint density at radius 1 is 1.10 bits per heavy atom. The Bertz CT molecular complexity index is 696.